The van der Waals surface area contributed by atoms with Gasteiger partial charge >= 0.3 is 0 Å². The van der Waals surface area contributed by atoms with Crippen LogP contribution in [0.4, 0.5) is 5.69 Å². The van der Waals surface area contributed by atoms with E-state index in [1.807, 2.05) is 38.1 Å². The Morgan fingerprint density at radius 3 is 2.85 bits per heavy atom. The first-order valence-electron chi connectivity index (χ1n) is 6.32. The van der Waals surface area contributed by atoms with Gasteiger partial charge in [-0.15, -0.1) is 0 Å². The summed E-state index contributed by atoms with van der Waals surface area (Å²) in [5.41, 5.74) is 2.31. The molecule has 0 spiro atoms. The predicted octanol–water partition coefficient (Wildman–Crippen LogP) is 3.22. The zero-order valence-electron chi connectivity index (χ0n) is 11.3. The SMILES string of the molecule is Cc1cc(CC(=O)Nc2ccc3oc(C)cc3c2)on1. The molecular weight excluding hydrogens is 256 g/mol. The summed E-state index contributed by atoms with van der Waals surface area (Å²) in [6.45, 7) is 3.71. The molecule has 1 aromatic carbocycles. The fourth-order valence-corrected chi connectivity index (χ4v) is 2.12. The molecule has 1 amide bonds. The Hall–Kier alpha value is -2.56. The lowest BCUT2D eigenvalue weighted by molar-refractivity contribution is -0.115. The second-order valence-corrected chi connectivity index (χ2v) is 4.77. The van der Waals surface area contributed by atoms with Crippen molar-refractivity contribution < 1.29 is 13.7 Å². The lowest BCUT2D eigenvalue weighted by Gasteiger charge is -2.03. The second kappa shape index (κ2) is 4.85. The zero-order valence-corrected chi connectivity index (χ0v) is 11.3. The fourth-order valence-electron chi connectivity index (χ4n) is 2.12. The van der Waals surface area contributed by atoms with Crippen LogP contribution in [0.15, 0.2) is 39.3 Å². The van der Waals surface area contributed by atoms with E-state index in [0.29, 0.717) is 5.76 Å². The van der Waals surface area contributed by atoms with Gasteiger partial charge < -0.3 is 14.3 Å². The summed E-state index contributed by atoms with van der Waals surface area (Å²) in [6, 6.07) is 9.23. The van der Waals surface area contributed by atoms with Gasteiger partial charge in [-0.1, -0.05) is 5.16 Å². The summed E-state index contributed by atoms with van der Waals surface area (Å²) in [4.78, 5) is 11.9. The highest BCUT2D eigenvalue weighted by molar-refractivity contribution is 5.94. The molecule has 2 aromatic heterocycles. The maximum atomic E-state index is 11.9. The van der Waals surface area contributed by atoms with Crippen LogP contribution in [0.2, 0.25) is 0 Å². The Kier molecular flexibility index (Phi) is 3.02. The summed E-state index contributed by atoms with van der Waals surface area (Å²) < 4.78 is 10.5. The van der Waals surface area contributed by atoms with Crippen molar-refractivity contribution in [1.82, 2.24) is 5.16 Å². The molecule has 0 saturated carbocycles. The van der Waals surface area contributed by atoms with E-state index in [1.54, 1.807) is 6.07 Å². The average Bonchev–Trinajstić information content (AvgIpc) is 2.93. The highest BCUT2D eigenvalue weighted by Crippen LogP contribution is 2.22. The number of benzene rings is 1. The van der Waals surface area contributed by atoms with E-state index < -0.39 is 0 Å². The van der Waals surface area contributed by atoms with Crippen molar-refractivity contribution in [2.24, 2.45) is 0 Å². The number of hydrogen-bond donors (Lipinski definition) is 1. The molecule has 20 heavy (non-hydrogen) atoms. The molecule has 5 heteroatoms. The molecule has 2 heterocycles. The van der Waals surface area contributed by atoms with Crippen molar-refractivity contribution in [1.29, 1.82) is 0 Å². The molecule has 0 fully saturated rings. The third-order valence-corrected chi connectivity index (χ3v) is 2.93. The molecule has 0 radical (unpaired) electrons. The number of carbonyl (C=O) groups is 1. The molecule has 0 aliphatic heterocycles. The Labute approximate surface area is 115 Å². The summed E-state index contributed by atoms with van der Waals surface area (Å²) in [6.07, 6.45) is 0.170. The number of carbonyl (C=O) groups excluding carboxylic acids is 1. The number of anilines is 1. The van der Waals surface area contributed by atoms with Gasteiger partial charge in [-0.05, 0) is 38.1 Å². The Bertz CT molecular complexity index is 770. The van der Waals surface area contributed by atoms with Crippen molar-refractivity contribution >= 4 is 22.6 Å². The van der Waals surface area contributed by atoms with Crippen LogP contribution in [0, 0.1) is 13.8 Å². The molecule has 3 rings (SSSR count). The Morgan fingerprint density at radius 2 is 2.10 bits per heavy atom. The van der Waals surface area contributed by atoms with E-state index in [0.717, 1.165) is 28.1 Å². The minimum Gasteiger partial charge on any atom is -0.461 e. The van der Waals surface area contributed by atoms with Crippen LogP contribution in [0.5, 0.6) is 0 Å². The van der Waals surface area contributed by atoms with Gasteiger partial charge in [0.05, 0.1) is 12.1 Å². The van der Waals surface area contributed by atoms with Crippen LogP contribution >= 0.6 is 0 Å². The number of amides is 1. The number of furan rings is 1. The van der Waals surface area contributed by atoms with E-state index in [-0.39, 0.29) is 12.3 Å². The average molecular weight is 270 g/mol. The number of nitrogens with one attached hydrogen (secondary N) is 1. The van der Waals surface area contributed by atoms with Crippen molar-refractivity contribution in [3.8, 4) is 0 Å². The maximum Gasteiger partial charge on any atom is 0.232 e. The summed E-state index contributed by atoms with van der Waals surface area (Å²) in [7, 11) is 0. The molecule has 0 unspecified atom stereocenters. The minimum atomic E-state index is -0.138. The van der Waals surface area contributed by atoms with Gasteiger partial charge in [-0.3, -0.25) is 4.79 Å². The van der Waals surface area contributed by atoms with E-state index in [4.69, 9.17) is 8.94 Å². The van der Waals surface area contributed by atoms with E-state index in [9.17, 15) is 4.79 Å². The monoisotopic (exact) mass is 270 g/mol. The Balaban J connectivity index is 1.73. The number of nitrogens with zero attached hydrogens (tertiary/aromatic N) is 1. The number of aryl methyl sites for hydroxylation is 2. The fraction of sp³-hybridized carbons (Fsp3) is 0.200. The first kappa shape index (κ1) is 12.5. The third-order valence-electron chi connectivity index (χ3n) is 2.93. The summed E-state index contributed by atoms with van der Waals surface area (Å²) in [5.74, 6) is 1.27. The molecule has 102 valence electrons. The van der Waals surface area contributed by atoms with E-state index in [2.05, 4.69) is 10.5 Å². The zero-order chi connectivity index (χ0) is 14.1. The second-order valence-electron chi connectivity index (χ2n) is 4.77. The van der Waals surface area contributed by atoms with Crippen LogP contribution in [0.25, 0.3) is 11.0 Å². The lowest BCUT2D eigenvalue weighted by Crippen LogP contribution is -2.13. The smallest absolute Gasteiger partial charge is 0.232 e. The van der Waals surface area contributed by atoms with Crippen LogP contribution in [0.3, 0.4) is 0 Å². The number of hydrogen-bond acceptors (Lipinski definition) is 4. The number of rotatable bonds is 3. The van der Waals surface area contributed by atoms with Crippen molar-refractivity contribution in [2.45, 2.75) is 20.3 Å². The molecule has 5 nitrogen and oxygen atoms in total. The quantitative estimate of drug-likeness (QED) is 0.793. The molecular formula is C15H14N2O3. The van der Waals surface area contributed by atoms with Gasteiger partial charge in [0.1, 0.15) is 17.1 Å². The minimum absolute atomic E-state index is 0.138. The highest BCUT2D eigenvalue weighted by atomic mass is 16.5. The molecule has 0 bridgehead atoms. The van der Waals surface area contributed by atoms with Crippen LogP contribution in [-0.2, 0) is 11.2 Å². The van der Waals surface area contributed by atoms with Crippen LogP contribution in [0.1, 0.15) is 17.2 Å². The number of fused-ring (bicyclic) bond motifs is 1. The van der Waals surface area contributed by atoms with Crippen molar-refractivity contribution in [3.63, 3.8) is 0 Å². The number of aromatic nitrogens is 1. The van der Waals surface area contributed by atoms with Crippen molar-refractivity contribution in [3.05, 3.63) is 47.5 Å². The highest BCUT2D eigenvalue weighted by Gasteiger charge is 2.09. The standard InChI is InChI=1S/C15H14N2O3/c1-9-5-13(20-17-9)8-15(18)16-12-3-4-14-11(7-12)6-10(2)19-14/h3-7H,8H2,1-2H3,(H,16,18). The van der Waals surface area contributed by atoms with Gasteiger partial charge in [0, 0.05) is 17.1 Å². The van der Waals surface area contributed by atoms with Crippen molar-refractivity contribution in [2.75, 3.05) is 5.32 Å². The van der Waals surface area contributed by atoms with Gasteiger partial charge in [-0.2, -0.15) is 0 Å². The first-order chi connectivity index (χ1) is 9.60. The molecule has 0 aliphatic rings. The first-order valence-corrected chi connectivity index (χ1v) is 6.32. The summed E-state index contributed by atoms with van der Waals surface area (Å²) >= 11 is 0. The normalized spacial score (nSPS) is 10.9. The predicted molar refractivity (Wildman–Crippen MR) is 74.5 cm³/mol. The maximum absolute atomic E-state index is 11.9. The lowest BCUT2D eigenvalue weighted by atomic mass is 10.2. The van der Waals surface area contributed by atoms with Crippen LogP contribution in [-0.4, -0.2) is 11.1 Å². The summed E-state index contributed by atoms with van der Waals surface area (Å²) in [5, 5.41) is 7.55. The van der Waals surface area contributed by atoms with E-state index in [1.165, 1.54) is 0 Å². The largest absolute Gasteiger partial charge is 0.461 e. The molecule has 3 aromatic rings. The van der Waals surface area contributed by atoms with Crippen LogP contribution < -0.4 is 5.32 Å². The van der Waals surface area contributed by atoms with Gasteiger partial charge in [0.2, 0.25) is 5.91 Å². The molecule has 0 atom stereocenters. The van der Waals surface area contributed by atoms with Gasteiger partial charge in [0.25, 0.3) is 0 Å². The molecule has 1 N–H and O–H groups in total. The van der Waals surface area contributed by atoms with Gasteiger partial charge in [-0.25, -0.2) is 0 Å². The third kappa shape index (κ3) is 2.56. The van der Waals surface area contributed by atoms with E-state index >= 15 is 0 Å². The topological polar surface area (TPSA) is 68.3 Å². The Morgan fingerprint density at radius 1 is 1.25 bits per heavy atom. The van der Waals surface area contributed by atoms with Gasteiger partial charge in [0.15, 0.2) is 0 Å². The molecule has 0 saturated heterocycles. The molecule has 0 aliphatic carbocycles.